The van der Waals surface area contributed by atoms with E-state index in [0.717, 1.165) is 23.4 Å². The molecule has 2 heterocycles. The minimum atomic E-state index is -0.749. The quantitative estimate of drug-likeness (QED) is 0.587. The number of fused-ring (bicyclic) bond motifs is 1. The van der Waals surface area contributed by atoms with Gasteiger partial charge >= 0.3 is 0 Å². The number of para-hydroxylation sites is 1. The molecule has 1 saturated carbocycles. The number of hydrogen-bond donors (Lipinski definition) is 2. The van der Waals surface area contributed by atoms with Gasteiger partial charge in [0.1, 0.15) is 0 Å². The number of amides is 3. The number of rotatable bonds is 3. The number of thioether (sulfide) groups is 1. The van der Waals surface area contributed by atoms with Gasteiger partial charge in [0.05, 0.1) is 5.69 Å². The van der Waals surface area contributed by atoms with Crippen molar-refractivity contribution in [2.75, 3.05) is 18.4 Å². The number of hydrogen-bond acceptors (Lipinski definition) is 4. The molecule has 4 rings (SSSR count). The highest BCUT2D eigenvalue weighted by atomic mass is 32.2. The van der Waals surface area contributed by atoms with E-state index >= 15 is 0 Å². The molecular formula is C22H29N3O3S. The molecule has 0 spiro atoms. The van der Waals surface area contributed by atoms with Crippen molar-refractivity contribution in [2.45, 2.75) is 67.6 Å². The Morgan fingerprint density at radius 2 is 1.69 bits per heavy atom. The summed E-state index contributed by atoms with van der Waals surface area (Å²) in [6, 6.07) is 7.85. The lowest BCUT2D eigenvalue weighted by molar-refractivity contribution is -0.137. The third-order valence-corrected chi connectivity index (χ3v) is 7.49. The van der Waals surface area contributed by atoms with E-state index < -0.39 is 5.25 Å². The van der Waals surface area contributed by atoms with Crippen molar-refractivity contribution in [3.8, 4) is 0 Å². The van der Waals surface area contributed by atoms with Crippen molar-refractivity contribution in [3.05, 3.63) is 24.3 Å². The molecule has 2 aliphatic heterocycles. The second kappa shape index (κ2) is 9.20. The second-order valence-electron chi connectivity index (χ2n) is 8.28. The van der Waals surface area contributed by atoms with Gasteiger partial charge in [-0.05, 0) is 37.8 Å². The van der Waals surface area contributed by atoms with E-state index in [9.17, 15) is 14.4 Å². The van der Waals surface area contributed by atoms with Gasteiger partial charge in [0.2, 0.25) is 17.7 Å². The smallest absolute Gasteiger partial charge is 0.247 e. The van der Waals surface area contributed by atoms with Gasteiger partial charge in [0.15, 0.2) is 5.25 Å². The molecule has 0 bridgehead atoms. The lowest BCUT2D eigenvalue weighted by Crippen LogP contribution is -2.50. The van der Waals surface area contributed by atoms with E-state index in [2.05, 4.69) is 10.6 Å². The zero-order valence-electron chi connectivity index (χ0n) is 16.7. The molecule has 6 nitrogen and oxygen atoms in total. The number of piperidine rings is 1. The van der Waals surface area contributed by atoms with Crippen LogP contribution in [0.2, 0.25) is 0 Å². The van der Waals surface area contributed by atoms with E-state index in [1.54, 1.807) is 4.90 Å². The number of carbonyl (C=O) groups is 3. The molecule has 29 heavy (non-hydrogen) atoms. The Labute approximate surface area is 176 Å². The van der Waals surface area contributed by atoms with Gasteiger partial charge in [0.25, 0.3) is 0 Å². The summed E-state index contributed by atoms with van der Waals surface area (Å²) in [5, 5.41) is 5.33. The summed E-state index contributed by atoms with van der Waals surface area (Å²) in [7, 11) is 0. The number of nitrogens with zero attached hydrogens (tertiary/aromatic N) is 1. The number of nitrogens with one attached hydrogen (secondary N) is 2. The van der Waals surface area contributed by atoms with Crippen LogP contribution in [0.1, 0.15) is 51.4 Å². The molecule has 1 aromatic rings. The van der Waals surface area contributed by atoms with Crippen molar-refractivity contribution < 1.29 is 14.4 Å². The molecule has 3 aliphatic rings. The highest BCUT2D eigenvalue weighted by molar-refractivity contribution is 8.01. The van der Waals surface area contributed by atoms with Gasteiger partial charge < -0.3 is 15.5 Å². The lowest BCUT2D eigenvalue weighted by atomic mass is 9.94. The first-order chi connectivity index (χ1) is 14.1. The Kier molecular flexibility index (Phi) is 6.43. The first kappa shape index (κ1) is 20.3. The summed E-state index contributed by atoms with van der Waals surface area (Å²) in [5.74, 6) is -0.296. The van der Waals surface area contributed by atoms with Crippen LogP contribution >= 0.6 is 11.8 Å². The Balaban J connectivity index is 1.29. The molecule has 1 saturated heterocycles. The van der Waals surface area contributed by atoms with Crippen LogP contribution in [0.3, 0.4) is 0 Å². The highest BCUT2D eigenvalue weighted by Gasteiger charge is 2.37. The lowest BCUT2D eigenvalue weighted by Gasteiger charge is -2.34. The van der Waals surface area contributed by atoms with Crippen LogP contribution in [-0.4, -0.2) is 47.0 Å². The van der Waals surface area contributed by atoms with Gasteiger partial charge in [-0.15, -0.1) is 11.8 Å². The second-order valence-corrected chi connectivity index (χ2v) is 9.43. The van der Waals surface area contributed by atoms with Crippen molar-refractivity contribution in [3.63, 3.8) is 0 Å². The molecule has 3 amide bonds. The summed E-state index contributed by atoms with van der Waals surface area (Å²) in [4.78, 5) is 40.7. The molecule has 0 unspecified atom stereocenters. The fraction of sp³-hybridized carbons (Fsp3) is 0.591. The van der Waals surface area contributed by atoms with Crippen molar-refractivity contribution in [1.82, 2.24) is 10.2 Å². The van der Waals surface area contributed by atoms with E-state index in [0.29, 0.717) is 32.0 Å². The third kappa shape index (κ3) is 4.77. The number of carbonyl (C=O) groups excluding carboxylic acids is 3. The predicted molar refractivity (Wildman–Crippen MR) is 114 cm³/mol. The van der Waals surface area contributed by atoms with Gasteiger partial charge in [-0.25, -0.2) is 0 Å². The monoisotopic (exact) mass is 415 g/mol. The van der Waals surface area contributed by atoms with Crippen LogP contribution in [0.15, 0.2) is 29.2 Å². The van der Waals surface area contributed by atoms with E-state index in [1.807, 2.05) is 24.3 Å². The maximum Gasteiger partial charge on any atom is 0.247 e. The van der Waals surface area contributed by atoms with Gasteiger partial charge in [-0.2, -0.15) is 0 Å². The van der Waals surface area contributed by atoms with Crippen LogP contribution in [0.5, 0.6) is 0 Å². The fourth-order valence-electron chi connectivity index (χ4n) is 4.48. The van der Waals surface area contributed by atoms with Crippen molar-refractivity contribution in [1.29, 1.82) is 0 Å². The molecule has 1 aromatic carbocycles. The zero-order valence-corrected chi connectivity index (χ0v) is 17.5. The minimum absolute atomic E-state index is 0.0316. The molecular weight excluding hydrogens is 386 g/mol. The predicted octanol–water partition coefficient (Wildman–Crippen LogP) is 3.18. The Morgan fingerprint density at radius 3 is 2.41 bits per heavy atom. The molecule has 0 radical (unpaired) electrons. The Bertz CT molecular complexity index is 768. The largest absolute Gasteiger partial charge is 0.353 e. The Morgan fingerprint density at radius 1 is 1.00 bits per heavy atom. The molecule has 7 heteroatoms. The van der Waals surface area contributed by atoms with Crippen LogP contribution in [-0.2, 0) is 14.4 Å². The summed E-state index contributed by atoms with van der Waals surface area (Å²) < 4.78 is 0. The molecule has 1 aliphatic carbocycles. The molecule has 2 N–H and O–H groups in total. The van der Waals surface area contributed by atoms with E-state index in [1.165, 1.54) is 37.4 Å². The number of likely N-dealkylation sites (tertiary alicyclic amines) is 1. The minimum Gasteiger partial charge on any atom is -0.353 e. The number of anilines is 1. The average molecular weight is 416 g/mol. The van der Waals surface area contributed by atoms with Crippen LogP contribution < -0.4 is 10.6 Å². The van der Waals surface area contributed by atoms with E-state index in [4.69, 9.17) is 0 Å². The van der Waals surface area contributed by atoms with Crippen molar-refractivity contribution in [2.24, 2.45) is 5.92 Å². The summed E-state index contributed by atoms with van der Waals surface area (Å²) in [6.07, 6.45) is 8.43. The maximum absolute atomic E-state index is 12.9. The highest BCUT2D eigenvalue weighted by Crippen LogP contribution is 2.36. The normalized spacial score (nSPS) is 23.7. The zero-order chi connectivity index (χ0) is 20.2. The first-order valence-electron chi connectivity index (χ1n) is 10.8. The molecule has 2 fully saturated rings. The summed E-state index contributed by atoms with van der Waals surface area (Å²) in [6.45, 7) is 1.07. The SMILES string of the molecule is O=C(NC1CCCCCC1)C1CCN(C(=O)[C@H]2Sc3ccccc3NC2=O)CC1. The molecule has 0 aromatic heterocycles. The average Bonchev–Trinajstić information content (AvgIpc) is 3.01. The fourth-order valence-corrected chi connectivity index (χ4v) is 5.56. The van der Waals surface area contributed by atoms with Crippen molar-refractivity contribution >= 4 is 35.2 Å². The van der Waals surface area contributed by atoms with Gasteiger partial charge in [-0.3, -0.25) is 14.4 Å². The summed E-state index contributed by atoms with van der Waals surface area (Å²) in [5.41, 5.74) is 0.764. The van der Waals surface area contributed by atoms with Gasteiger partial charge in [0, 0.05) is 29.9 Å². The number of benzene rings is 1. The molecule has 1 atom stereocenters. The maximum atomic E-state index is 12.9. The standard InChI is InChI=1S/C22H29N3O3S/c26-20(23-16-7-3-1-2-4-8-16)15-11-13-25(14-12-15)22(28)19-21(27)24-17-9-5-6-10-18(17)29-19/h5-6,9-10,15-16,19H,1-4,7-8,11-14H2,(H,23,26)(H,24,27)/t19-/m0/s1. The molecule has 156 valence electrons. The first-order valence-corrected chi connectivity index (χ1v) is 11.7. The third-order valence-electron chi connectivity index (χ3n) is 6.23. The van der Waals surface area contributed by atoms with Crippen LogP contribution in [0.25, 0.3) is 0 Å². The Hall–Kier alpha value is -2.02. The summed E-state index contributed by atoms with van der Waals surface area (Å²) >= 11 is 1.32. The van der Waals surface area contributed by atoms with Crippen LogP contribution in [0.4, 0.5) is 5.69 Å². The topological polar surface area (TPSA) is 78.5 Å². The van der Waals surface area contributed by atoms with Gasteiger partial charge in [-0.1, -0.05) is 37.8 Å². The van der Waals surface area contributed by atoms with E-state index in [-0.39, 0.29) is 23.6 Å². The van der Waals surface area contributed by atoms with Crippen LogP contribution in [0, 0.1) is 5.92 Å².